The minimum Gasteiger partial charge on any atom is -0.494 e. The van der Waals surface area contributed by atoms with Crippen molar-refractivity contribution in [3.05, 3.63) is 6.07 Å². The van der Waals surface area contributed by atoms with Crippen molar-refractivity contribution in [2.75, 3.05) is 26.2 Å². The molecular weight excluding hydrogens is 402 g/mol. The van der Waals surface area contributed by atoms with Crippen molar-refractivity contribution in [2.45, 2.75) is 37.6 Å². The number of thiol groups is 1. The molecule has 162 valence electrons. The maximum atomic E-state index is 11.8. The molecule has 0 saturated carbocycles. The van der Waals surface area contributed by atoms with Gasteiger partial charge in [-0.2, -0.15) is 0 Å². The highest BCUT2D eigenvalue weighted by Gasteiger charge is 2.12. The molecule has 1 rings (SSSR count). The van der Waals surface area contributed by atoms with E-state index < -0.39 is 17.7 Å². The van der Waals surface area contributed by atoms with Crippen molar-refractivity contribution < 1.29 is 29.4 Å². The number of hydrogen-bond acceptors (Lipinski definition) is 7. The Morgan fingerprint density at radius 3 is 1.93 bits per heavy atom. The van der Waals surface area contributed by atoms with Gasteiger partial charge in [0.2, 0.25) is 29.5 Å². The van der Waals surface area contributed by atoms with E-state index in [-0.39, 0.29) is 55.2 Å². The smallest absolute Gasteiger partial charge is 0.239 e. The molecule has 0 atom stereocenters. The molecule has 11 nitrogen and oxygen atoms in total. The van der Waals surface area contributed by atoms with Crippen molar-refractivity contribution in [2.24, 2.45) is 0 Å². The van der Waals surface area contributed by atoms with E-state index in [9.17, 15) is 29.4 Å². The number of carbonyl (C=O) groups excluding carboxylic acids is 4. The Morgan fingerprint density at radius 1 is 0.931 bits per heavy atom. The van der Waals surface area contributed by atoms with Crippen LogP contribution in [0, 0.1) is 0 Å². The van der Waals surface area contributed by atoms with Gasteiger partial charge in [0.1, 0.15) is 0 Å². The average molecular weight is 429 g/mol. The highest BCUT2D eigenvalue weighted by molar-refractivity contribution is 7.80. The Labute approximate surface area is 173 Å². The van der Waals surface area contributed by atoms with Crippen molar-refractivity contribution >= 4 is 36.3 Å². The zero-order chi connectivity index (χ0) is 21.8. The maximum absolute atomic E-state index is 11.8. The fraction of sp³-hybridized carbons (Fsp3) is 0.529. The molecule has 4 amide bonds. The molecule has 0 aromatic carbocycles. The first-order chi connectivity index (χ1) is 13.7. The molecule has 29 heavy (non-hydrogen) atoms. The van der Waals surface area contributed by atoms with Crippen LogP contribution < -0.4 is 21.3 Å². The molecular formula is C17H27N5O6S. The highest BCUT2D eigenvalue weighted by Crippen LogP contribution is 2.30. The lowest BCUT2D eigenvalue weighted by molar-refractivity contribution is -0.128. The van der Waals surface area contributed by atoms with Crippen molar-refractivity contribution in [3.8, 4) is 11.8 Å². The molecule has 6 N–H and O–H groups in total. The zero-order valence-corrected chi connectivity index (χ0v) is 17.1. The summed E-state index contributed by atoms with van der Waals surface area (Å²) in [5.41, 5.74) is 0. The molecule has 1 heterocycles. The van der Waals surface area contributed by atoms with Crippen LogP contribution in [0.4, 0.5) is 0 Å². The number of nitrogens with zero attached hydrogens (tertiary/aromatic N) is 1. The summed E-state index contributed by atoms with van der Waals surface area (Å²) in [6.07, 6.45) is 1.17. The molecule has 1 aromatic heterocycles. The van der Waals surface area contributed by atoms with Crippen LogP contribution in [0.5, 0.6) is 11.8 Å². The number of aromatic nitrogens is 1. The van der Waals surface area contributed by atoms with Crippen LogP contribution in [0.2, 0.25) is 0 Å². The summed E-state index contributed by atoms with van der Waals surface area (Å²) < 4.78 is 1.21. The molecule has 0 aliphatic carbocycles. The molecule has 0 spiro atoms. The third-order valence-corrected chi connectivity index (χ3v) is 4.05. The van der Waals surface area contributed by atoms with Crippen LogP contribution in [-0.4, -0.2) is 64.6 Å². The molecule has 0 saturated heterocycles. The molecule has 0 aliphatic heterocycles. The Hall–Kier alpha value is -2.89. The molecule has 1 aromatic rings. The fourth-order valence-electron chi connectivity index (χ4n) is 2.21. The second-order valence-electron chi connectivity index (χ2n) is 6.15. The van der Waals surface area contributed by atoms with Gasteiger partial charge in [0.25, 0.3) is 0 Å². The van der Waals surface area contributed by atoms with E-state index in [1.807, 2.05) is 6.92 Å². The summed E-state index contributed by atoms with van der Waals surface area (Å²) in [7, 11) is 0. The molecule has 0 fully saturated rings. The molecule has 0 radical (unpaired) electrons. The van der Waals surface area contributed by atoms with Gasteiger partial charge in [-0.15, -0.1) is 12.6 Å². The molecule has 0 bridgehead atoms. The number of aromatic hydroxyl groups is 2. The number of carbonyl (C=O) groups is 4. The number of rotatable bonds is 12. The van der Waals surface area contributed by atoms with Gasteiger partial charge in [0.15, 0.2) is 5.88 Å². The summed E-state index contributed by atoms with van der Waals surface area (Å²) in [5, 5.41) is 29.0. The van der Waals surface area contributed by atoms with Gasteiger partial charge in [-0.25, -0.2) is 0 Å². The Morgan fingerprint density at radius 2 is 1.45 bits per heavy atom. The van der Waals surface area contributed by atoms with Crippen LogP contribution in [-0.2, 0) is 25.7 Å². The minimum atomic E-state index is -0.552. The van der Waals surface area contributed by atoms with E-state index in [2.05, 4.69) is 33.9 Å². The van der Waals surface area contributed by atoms with Gasteiger partial charge in [-0.3, -0.25) is 23.7 Å². The zero-order valence-electron chi connectivity index (χ0n) is 16.2. The summed E-state index contributed by atoms with van der Waals surface area (Å²) in [6, 6.07) is 1.29. The Balaban J connectivity index is 2.16. The van der Waals surface area contributed by atoms with Gasteiger partial charge < -0.3 is 31.5 Å². The van der Waals surface area contributed by atoms with Crippen molar-refractivity contribution in [1.82, 2.24) is 25.8 Å². The van der Waals surface area contributed by atoms with Crippen LogP contribution in [0.15, 0.2) is 11.0 Å². The number of hydrogen-bond donors (Lipinski definition) is 7. The van der Waals surface area contributed by atoms with Crippen LogP contribution >= 0.6 is 12.6 Å². The lowest BCUT2D eigenvalue weighted by Crippen LogP contribution is -2.44. The predicted molar refractivity (Wildman–Crippen MR) is 107 cm³/mol. The first kappa shape index (κ1) is 24.1. The SMILES string of the molecule is CCCNC(=O)CNC(=O)CNC(=O)CNC(=O)CCCn1c(O)cc(S)c1O. The van der Waals surface area contributed by atoms with Crippen LogP contribution in [0.1, 0.15) is 26.2 Å². The third-order valence-electron chi connectivity index (χ3n) is 3.72. The fourth-order valence-corrected chi connectivity index (χ4v) is 2.44. The Kier molecular flexibility index (Phi) is 10.4. The maximum Gasteiger partial charge on any atom is 0.239 e. The lowest BCUT2D eigenvalue weighted by Gasteiger charge is -2.09. The van der Waals surface area contributed by atoms with E-state index in [0.29, 0.717) is 13.0 Å². The number of amides is 4. The highest BCUT2D eigenvalue weighted by atomic mass is 32.1. The van der Waals surface area contributed by atoms with Gasteiger partial charge in [-0.1, -0.05) is 6.92 Å². The minimum absolute atomic E-state index is 0.0691. The van der Waals surface area contributed by atoms with E-state index in [1.165, 1.54) is 10.6 Å². The van der Waals surface area contributed by atoms with E-state index in [0.717, 1.165) is 6.42 Å². The van der Waals surface area contributed by atoms with Crippen molar-refractivity contribution in [1.29, 1.82) is 0 Å². The average Bonchev–Trinajstić information content (AvgIpc) is 2.93. The van der Waals surface area contributed by atoms with Gasteiger partial charge in [0.05, 0.1) is 24.5 Å². The normalized spacial score (nSPS) is 10.3. The first-order valence-electron chi connectivity index (χ1n) is 9.11. The monoisotopic (exact) mass is 429 g/mol. The largest absolute Gasteiger partial charge is 0.494 e. The first-order valence-corrected chi connectivity index (χ1v) is 9.56. The second kappa shape index (κ2) is 12.5. The van der Waals surface area contributed by atoms with Gasteiger partial charge in [0, 0.05) is 25.6 Å². The lowest BCUT2D eigenvalue weighted by atomic mass is 10.3. The summed E-state index contributed by atoms with van der Waals surface area (Å²) in [5.74, 6) is -2.13. The summed E-state index contributed by atoms with van der Waals surface area (Å²) in [4.78, 5) is 46.5. The van der Waals surface area contributed by atoms with Crippen molar-refractivity contribution in [3.63, 3.8) is 0 Å². The predicted octanol–water partition coefficient (Wildman–Crippen LogP) is -1.16. The topological polar surface area (TPSA) is 162 Å². The third kappa shape index (κ3) is 9.23. The molecule has 12 heteroatoms. The van der Waals surface area contributed by atoms with Crippen LogP contribution in [0.25, 0.3) is 0 Å². The quantitative estimate of drug-likeness (QED) is 0.207. The second-order valence-corrected chi connectivity index (χ2v) is 6.63. The van der Waals surface area contributed by atoms with Gasteiger partial charge >= 0.3 is 0 Å². The summed E-state index contributed by atoms with van der Waals surface area (Å²) >= 11 is 3.98. The van der Waals surface area contributed by atoms with E-state index in [1.54, 1.807) is 0 Å². The van der Waals surface area contributed by atoms with E-state index in [4.69, 9.17) is 0 Å². The summed E-state index contributed by atoms with van der Waals surface area (Å²) in [6.45, 7) is 1.84. The number of nitrogens with one attached hydrogen (secondary N) is 4. The molecule has 0 unspecified atom stereocenters. The van der Waals surface area contributed by atoms with E-state index >= 15 is 0 Å². The Bertz CT molecular complexity index is 736. The standard InChI is InChI=1S/C17H27N5O6S/c1-2-5-18-13(24)8-20-15(26)10-21-14(25)9-19-12(23)4-3-6-22-16(27)7-11(29)17(22)28/h7,27-29H,2-6,8-10H2,1H3,(H,18,24)(H,19,23)(H,20,26)(H,21,25). The van der Waals surface area contributed by atoms with Crippen LogP contribution in [0.3, 0.4) is 0 Å². The van der Waals surface area contributed by atoms with Gasteiger partial charge in [-0.05, 0) is 12.8 Å². The molecule has 0 aliphatic rings.